The van der Waals surface area contributed by atoms with Crippen LogP contribution in [0.1, 0.15) is 15.9 Å². The standard InChI is InChI=1S/C16H8BrF2NO/c17-13-10(6-7-12(18)14(13)19)16(21)11-5-1-3-9-4-2-8-20-15(9)11/h1-8H. The lowest BCUT2D eigenvalue weighted by Crippen LogP contribution is -2.06. The second-order valence-electron chi connectivity index (χ2n) is 4.43. The van der Waals surface area contributed by atoms with Gasteiger partial charge in [-0.3, -0.25) is 9.78 Å². The molecule has 3 aromatic rings. The van der Waals surface area contributed by atoms with E-state index in [1.54, 1.807) is 24.4 Å². The third-order valence-electron chi connectivity index (χ3n) is 3.16. The lowest BCUT2D eigenvalue weighted by atomic mass is 10.0. The van der Waals surface area contributed by atoms with Gasteiger partial charge in [-0.15, -0.1) is 0 Å². The van der Waals surface area contributed by atoms with Crippen LogP contribution in [0.2, 0.25) is 0 Å². The highest BCUT2D eigenvalue weighted by Gasteiger charge is 2.19. The quantitative estimate of drug-likeness (QED) is 0.504. The molecule has 21 heavy (non-hydrogen) atoms. The molecule has 0 saturated heterocycles. The molecule has 0 radical (unpaired) electrons. The van der Waals surface area contributed by atoms with Gasteiger partial charge in [0.15, 0.2) is 17.4 Å². The van der Waals surface area contributed by atoms with Crippen LogP contribution in [0.25, 0.3) is 10.9 Å². The fraction of sp³-hybridized carbons (Fsp3) is 0. The predicted molar refractivity (Wildman–Crippen MR) is 79.2 cm³/mol. The van der Waals surface area contributed by atoms with E-state index in [4.69, 9.17) is 0 Å². The number of para-hydroxylation sites is 1. The maximum Gasteiger partial charge on any atom is 0.196 e. The summed E-state index contributed by atoms with van der Waals surface area (Å²) < 4.78 is 26.6. The molecule has 0 aliphatic carbocycles. The number of nitrogens with zero attached hydrogens (tertiary/aromatic N) is 1. The summed E-state index contributed by atoms with van der Waals surface area (Å²) in [7, 11) is 0. The Hall–Kier alpha value is -2.14. The van der Waals surface area contributed by atoms with E-state index in [9.17, 15) is 13.6 Å². The molecule has 5 heteroatoms. The molecule has 0 bridgehead atoms. The van der Waals surface area contributed by atoms with Crippen LogP contribution in [0.5, 0.6) is 0 Å². The van der Waals surface area contributed by atoms with Crippen molar-refractivity contribution in [3.8, 4) is 0 Å². The van der Waals surface area contributed by atoms with Gasteiger partial charge in [0, 0.05) is 22.7 Å². The normalized spacial score (nSPS) is 10.8. The van der Waals surface area contributed by atoms with Crippen LogP contribution in [0.4, 0.5) is 8.78 Å². The van der Waals surface area contributed by atoms with Crippen LogP contribution in [0, 0.1) is 11.6 Å². The maximum atomic E-state index is 13.6. The second kappa shape index (κ2) is 5.33. The number of fused-ring (bicyclic) bond motifs is 1. The lowest BCUT2D eigenvalue weighted by Gasteiger charge is -2.07. The number of benzene rings is 2. The molecule has 0 fully saturated rings. The van der Waals surface area contributed by atoms with Gasteiger partial charge in [-0.2, -0.15) is 0 Å². The number of aromatic nitrogens is 1. The minimum atomic E-state index is -1.07. The van der Waals surface area contributed by atoms with Crippen molar-refractivity contribution in [2.45, 2.75) is 0 Å². The van der Waals surface area contributed by atoms with Gasteiger partial charge in [0.05, 0.1) is 9.99 Å². The van der Waals surface area contributed by atoms with Crippen LogP contribution >= 0.6 is 15.9 Å². The second-order valence-corrected chi connectivity index (χ2v) is 5.23. The number of ketones is 1. The molecule has 0 unspecified atom stereocenters. The first-order valence-electron chi connectivity index (χ1n) is 6.11. The molecule has 0 saturated carbocycles. The molecular formula is C16H8BrF2NO. The first-order valence-corrected chi connectivity index (χ1v) is 6.91. The van der Waals surface area contributed by atoms with Crippen molar-refractivity contribution in [1.29, 1.82) is 0 Å². The first-order chi connectivity index (χ1) is 10.1. The molecule has 3 rings (SSSR count). The van der Waals surface area contributed by atoms with Gasteiger partial charge >= 0.3 is 0 Å². The van der Waals surface area contributed by atoms with E-state index in [0.717, 1.165) is 11.5 Å². The minimum Gasteiger partial charge on any atom is -0.288 e. The van der Waals surface area contributed by atoms with E-state index in [1.165, 1.54) is 6.07 Å². The summed E-state index contributed by atoms with van der Waals surface area (Å²) in [6.45, 7) is 0. The third kappa shape index (κ3) is 2.34. The van der Waals surface area contributed by atoms with Crippen LogP contribution in [0.15, 0.2) is 53.1 Å². The number of carbonyl (C=O) groups is 1. The van der Waals surface area contributed by atoms with E-state index in [2.05, 4.69) is 20.9 Å². The smallest absolute Gasteiger partial charge is 0.196 e. The molecule has 1 aromatic heterocycles. The first kappa shape index (κ1) is 13.8. The van der Waals surface area contributed by atoms with Gasteiger partial charge in [0.25, 0.3) is 0 Å². The maximum absolute atomic E-state index is 13.6. The van der Waals surface area contributed by atoms with Crippen LogP contribution < -0.4 is 0 Å². The lowest BCUT2D eigenvalue weighted by molar-refractivity contribution is 0.103. The summed E-state index contributed by atoms with van der Waals surface area (Å²) in [6.07, 6.45) is 1.58. The predicted octanol–water partition coefficient (Wildman–Crippen LogP) is 4.51. The summed E-state index contributed by atoms with van der Waals surface area (Å²) in [6, 6.07) is 11.0. The Labute approximate surface area is 127 Å². The van der Waals surface area contributed by atoms with Crippen LogP contribution in [0.3, 0.4) is 0 Å². The molecule has 1 heterocycles. The molecule has 0 N–H and O–H groups in total. The van der Waals surface area contributed by atoms with Gasteiger partial charge in [-0.25, -0.2) is 8.78 Å². The van der Waals surface area contributed by atoms with Gasteiger partial charge in [0.1, 0.15) is 0 Å². The summed E-state index contributed by atoms with van der Waals surface area (Å²) in [5.41, 5.74) is 0.938. The van der Waals surface area contributed by atoms with Crippen molar-refractivity contribution in [2.75, 3.05) is 0 Å². The van der Waals surface area contributed by atoms with Crippen LogP contribution in [-0.2, 0) is 0 Å². The fourth-order valence-corrected chi connectivity index (χ4v) is 2.64. The highest BCUT2D eigenvalue weighted by atomic mass is 79.9. The molecule has 2 nitrogen and oxygen atoms in total. The molecule has 104 valence electrons. The van der Waals surface area contributed by atoms with E-state index < -0.39 is 17.4 Å². The number of carbonyl (C=O) groups excluding carboxylic acids is 1. The van der Waals surface area contributed by atoms with Gasteiger partial charge < -0.3 is 0 Å². The SMILES string of the molecule is O=C(c1ccc(F)c(F)c1Br)c1cccc2cccnc12. The number of rotatable bonds is 2. The summed E-state index contributed by atoms with van der Waals surface area (Å²) in [5.74, 6) is -2.49. The van der Waals surface area contributed by atoms with E-state index >= 15 is 0 Å². The van der Waals surface area contributed by atoms with E-state index in [-0.39, 0.29) is 10.0 Å². The number of hydrogen-bond donors (Lipinski definition) is 0. The molecule has 0 aliphatic rings. The van der Waals surface area contributed by atoms with E-state index in [0.29, 0.717) is 11.1 Å². The average Bonchev–Trinajstić information content (AvgIpc) is 2.51. The Morgan fingerprint density at radius 2 is 1.76 bits per heavy atom. The highest BCUT2D eigenvalue weighted by molar-refractivity contribution is 9.10. The molecule has 0 spiro atoms. The third-order valence-corrected chi connectivity index (χ3v) is 3.93. The van der Waals surface area contributed by atoms with Crippen molar-refractivity contribution < 1.29 is 13.6 Å². The molecule has 0 aliphatic heterocycles. The van der Waals surface area contributed by atoms with Gasteiger partial charge in [-0.05, 0) is 40.2 Å². The zero-order valence-electron chi connectivity index (χ0n) is 10.6. The van der Waals surface area contributed by atoms with Crippen molar-refractivity contribution in [1.82, 2.24) is 4.98 Å². The summed E-state index contributed by atoms with van der Waals surface area (Å²) >= 11 is 2.94. The van der Waals surface area contributed by atoms with Crippen LogP contribution in [-0.4, -0.2) is 10.8 Å². The van der Waals surface area contributed by atoms with Crippen molar-refractivity contribution in [3.05, 3.63) is 75.9 Å². The Kier molecular flexibility index (Phi) is 3.51. The topological polar surface area (TPSA) is 30.0 Å². The molecule has 0 atom stereocenters. The fourth-order valence-electron chi connectivity index (χ4n) is 2.13. The van der Waals surface area contributed by atoms with Crippen molar-refractivity contribution >= 4 is 32.6 Å². The number of halogens is 3. The Morgan fingerprint density at radius 1 is 1.00 bits per heavy atom. The zero-order chi connectivity index (χ0) is 15.0. The molecule has 0 amide bonds. The van der Waals surface area contributed by atoms with Gasteiger partial charge in [0.2, 0.25) is 0 Å². The minimum absolute atomic E-state index is 0.0621. The summed E-state index contributed by atoms with van der Waals surface area (Å²) in [5, 5.41) is 0.807. The van der Waals surface area contributed by atoms with Crippen molar-refractivity contribution in [3.63, 3.8) is 0 Å². The van der Waals surface area contributed by atoms with E-state index in [1.807, 2.05) is 12.1 Å². The highest BCUT2D eigenvalue weighted by Crippen LogP contribution is 2.27. The Balaban J connectivity index is 2.20. The Bertz CT molecular complexity index is 859. The number of hydrogen-bond acceptors (Lipinski definition) is 2. The Morgan fingerprint density at radius 3 is 2.57 bits per heavy atom. The number of pyridine rings is 1. The summed E-state index contributed by atoms with van der Waals surface area (Å²) in [4.78, 5) is 16.8. The largest absolute Gasteiger partial charge is 0.288 e. The average molecular weight is 348 g/mol. The monoisotopic (exact) mass is 347 g/mol. The zero-order valence-corrected chi connectivity index (χ0v) is 12.2. The molecular weight excluding hydrogens is 340 g/mol. The van der Waals surface area contributed by atoms with Gasteiger partial charge in [-0.1, -0.05) is 18.2 Å². The van der Waals surface area contributed by atoms with Crippen molar-refractivity contribution in [2.24, 2.45) is 0 Å². The molecule has 2 aromatic carbocycles.